The van der Waals surface area contributed by atoms with Gasteiger partial charge in [0.2, 0.25) is 0 Å². The number of carbonyl (C=O) groups is 1. The third kappa shape index (κ3) is 2.99. The summed E-state index contributed by atoms with van der Waals surface area (Å²) in [5, 5.41) is 3.20. The molecule has 0 radical (unpaired) electrons. The maximum absolute atomic E-state index is 12.2. The molecular formula is C16H12ClN3O2. The van der Waals surface area contributed by atoms with E-state index in [1.165, 1.54) is 0 Å². The molecule has 1 amide bonds. The van der Waals surface area contributed by atoms with Crippen molar-refractivity contribution < 1.29 is 9.21 Å². The first-order valence-electron chi connectivity index (χ1n) is 6.62. The number of nitrogens with one attached hydrogen (secondary N) is 1. The highest BCUT2D eigenvalue weighted by Crippen LogP contribution is 2.20. The zero-order valence-electron chi connectivity index (χ0n) is 11.5. The van der Waals surface area contributed by atoms with Gasteiger partial charge >= 0.3 is 0 Å². The molecule has 5 nitrogen and oxygen atoms in total. The molecule has 2 heterocycles. The van der Waals surface area contributed by atoms with Gasteiger partial charge in [0.25, 0.3) is 5.91 Å². The molecule has 0 saturated carbocycles. The summed E-state index contributed by atoms with van der Waals surface area (Å²) in [6.07, 6.45) is 4.72. The molecule has 0 fully saturated rings. The van der Waals surface area contributed by atoms with Gasteiger partial charge in [-0.05, 0) is 24.3 Å². The molecule has 0 aliphatic rings. The average molecular weight is 314 g/mol. The highest BCUT2D eigenvalue weighted by Gasteiger charge is 2.13. The Morgan fingerprint density at radius 2 is 1.95 bits per heavy atom. The van der Waals surface area contributed by atoms with Gasteiger partial charge in [-0.15, -0.1) is 0 Å². The van der Waals surface area contributed by atoms with E-state index >= 15 is 0 Å². The van der Waals surface area contributed by atoms with E-state index in [4.69, 9.17) is 16.0 Å². The molecule has 1 N–H and O–H groups in total. The number of hydrogen-bond acceptors (Lipinski definition) is 4. The Kier molecular flexibility index (Phi) is 4.16. The minimum Gasteiger partial charge on any atom is -0.463 e. The lowest BCUT2D eigenvalue weighted by Crippen LogP contribution is -2.24. The lowest BCUT2D eigenvalue weighted by Gasteiger charge is -2.08. The number of hydrogen-bond donors (Lipinski definition) is 1. The minimum absolute atomic E-state index is 0.230. The molecule has 6 heteroatoms. The molecule has 22 heavy (non-hydrogen) atoms. The SMILES string of the molecule is O=C(NCc1nccnc1-c1ccco1)c1ccccc1Cl. The largest absolute Gasteiger partial charge is 0.463 e. The van der Waals surface area contributed by atoms with Crippen molar-refractivity contribution in [3.05, 3.63) is 71.3 Å². The van der Waals surface area contributed by atoms with Crippen molar-refractivity contribution in [2.75, 3.05) is 0 Å². The first-order chi connectivity index (χ1) is 10.8. The van der Waals surface area contributed by atoms with Crippen molar-refractivity contribution in [1.29, 1.82) is 0 Å². The van der Waals surface area contributed by atoms with Gasteiger partial charge in [0.15, 0.2) is 5.76 Å². The van der Waals surface area contributed by atoms with Gasteiger partial charge in [0.1, 0.15) is 5.69 Å². The number of benzene rings is 1. The van der Waals surface area contributed by atoms with Crippen LogP contribution in [-0.2, 0) is 6.54 Å². The van der Waals surface area contributed by atoms with E-state index in [-0.39, 0.29) is 12.5 Å². The number of furan rings is 1. The highest BCUT2D eigenvalue weighted by atomic mass is 35.5. The predicted molar refractivity (Wildman–Crippen MR) is 82.4 cm³/mol. The van der Waals surface area contributed by atoms with E-state index in [0.717, 1.165) is 0 Å². The molecule has 0 bridgehead atoms. The lowest BCUT2D eigenvalue weighted by atomic mass is 10.2. The van der Waals surface area contributed by atoms with E-state index in [0.29, 0.717) is 27.7 Å². The van der Waals surface area contributed by atoms with Gasteiger partial charge in [0.05, 0.1) is 29.1 Å². The van der Waals surface area contributed by atoms with E-state index in [2.05, 4.69) is 15.3 Å². The molecule has 2 aromatic heterocycles. The molecule has 0 aliphatic heterocycles. The quantitative estimate of drug-likeness (QED) is 0.802. The maximum Gasteiger partial charge on any atom is 0.253 e. The summed E-state index contributed by atoms with van der Waals surface area (Å²) >= 11 is 6.01. The van der Waals surface area contributed by atoms with Crippen LogP contribution >= 0.6 is 11.6 Å². The van der Waals surface area contributed by atoms with Crippen LogP contribution in [0.3, 0.4) is 0 Å². The molecule has 0 saturated heterocycles. The fourth-order valence-corrected chi connectivity index (χ4v) is 2.24. The maximum atomic E-state index is 12.2. The smallest absolute Gasteiger partial charge is 0.253 e. The van der Waals surface area contributed by atoms with Crippen LogP contribution in [0.25, 0.3) is 11.5 Å². The van der Waals surface area contributed by atoms with Gasteiger partial charge < -0.3 is 9.73 Å². The van der Waals surface area contributed by atoms with Crippen molar-refractivity contribution in [2.24, 2.45) is 0 Å². The van der Waals surface area contributed by atoms with E-state index in [1.54, 1.807) is 55.1 Å². The molecule has 110 valence electrons. The van der Waals surface area contributed by atoms with Crippen molar-refractivity contribution in [2.45, 2.75) is 6.54 Å². The fraction of sp³-hybridized carbons (Fsp3) is 0.0625. The van der Waals surface area contributed by atoms with E-state index in [1.807, 2.05) is 0 Å². The van der Waals surface area contributed by atoms with Gasteiger partial charge in [0, 0.05) is 12.4 Å². The Hall–Kier alpha value is -2.66. The van der Waals surface area contributed by atoms with Crippen LogP contribution in [0.1, 0.15) is 16.1 Å². The Bertz CT molecular complexity index is 788. The van der Waals surface area contributed by atoms with Crippen LogP contribution in [0.5, 0.6) is 0 Å². The third-order valence-corrected chi connectivity index (χ3v) is 3.39. The Morgan fingerprint density at radius 1 is 1.14 bits per heavy atom. The summed E-state index contributed by atoms with van der Waals surface area (Å²) < 4.78 is 5.33. The standard InChI is InChI=1S/C16H12ClN3O2/c17-12-5-2-1-4-11(12)16(21)20-10-13-15(19-8-7-18-13)14-6-3-9-22-14/h1-9H,10H2,(H,20,21). The second kappa shape index (κ2) is 6.41. The summed E-state index contributed by atoms with van der Waals surface area (Å²) in [6, 6.07) is 10.4. The van der Waals surface area contributed by atoms with Crippen LogP contribution < -0.4 is 5.32 Å². The van der Waals surface area contributed by atoms with Crippen molar-refractivity contribution in [3.8, 4) is 11.5 Å². The average Bonchev–Trinajstić information content (AvgIpc) is 3.07. The number of carbonyl (C=O) groups excluding carboxylic acids is 1. The zero-order valence-corrected chi connectivity index (χ0v) is 12.2. The molecule has 3 rings (SSSR count). The van der Waals surface area contributed by atoms with Crippen LogP contribution in [0.15, 0.2) is 59.5 Å². The Morgan fingerprint density at radius 3 is 2.73 bits per heavy atom. The molecule has 0 unspecified atom stereocenters. The second-order valence-corrected chi connectivity index (χ2v) is 4.90. The predicted octanol–water partition coefficient (Wildman–Crippen LogP) is 3.32. The molecule has 0 atom stereocenters. The molecular weight excluding hydrogens is 302 g/mol. The minimum atomic E-state index is -0.262. The molecule has 1 aromatic carbocycles. The Balaban J connectivity index is 1.78. The number of halogens is 1. The normalized spacial score (nSPS) is 10.4. The molecule has 0 spiro atoms. The summed E-state index contributed by atoms with van der Waals surface area (Å²) in [4.78, 5) is 20.7. The van der Waals surface area contributed by atoms with Crippen molar-refractivity contribution in [3.63, 3.8) is 0 Å². The summed E-state index contributed by atoms with van der Waals surface area (Å²) in [6.45, 7) is 0.230. The lowest BCUT2D eigenvalue weighted by molar-refractivity contribution is 0.0950. The monoisotopic (exact) mass is 313 g/mol. The van der Waals surface area contributed by atoms with Gasteiger partial charge in [-0.3, -0.25) is 9.78 Å². The summed E-state index contributed by atoms with van der Waals surface area (Å²) in [5.41, 5.74) is 1.65. The topological polar surface area (TPSA) is 68.0 Å². The van der Waals surface area contributed by atoms with E-state index < -0.39 is 0 Å². The van der Waals surface area contributed by atoms with Gasteiger partial charge in [-0.2, -0.15) is 0 Å². The fourth-order valence-electron chi connectivity index (χ4n) is 2.02. The Labute approximate surface area is 132 Å². The number of aromatic nitrogens is 2. The number of rotatable bonds is 4. The number of amides is 1. The van der Waals surface area contributed by atoms with Crippen LogP contribution in [-0.4, -0.2) is 15.9 Å². The molecule has 0 aliphatic carbocycles. The van der Waals surface area contributed by atoms with Crippen molar-refractivity contribution in [1.82, 2.24) is 15.3 Å². The van der Waals surface area contributed by atoms with Crippen LogP contribution in [0.2, 0.25) is 5.02 Å². The van der Waals surface area contributed by atoms with Gasteiger partial charge in [-0.25, -0.2) is 4.98 Å². The zero-order chi connectivity index (χ0) is 15.4. The summed E-state index contributed by atoms with van der Waals surface area (Å²) in [5.74, 6) is 0.344. The summed E-state index contributed by atoms with van der Waals surface area (Å²) in [7, 11) is 0. The third-order valence-electron chi connectivity index (χ3n) is 3.06. The first-order valence-corrected chi connectivity index (χ1v) is 7.00. The van der Waals surface area contributed by atoms with Gasteiger partial charge in [-0.1, -0.05) is 23.7 Å². The second-order valence-electron chi connectivity index (χ2n) is 4.49. The number of nitrogens with zero attached hydrogens (tertiary/aromatic N) is 2. The van der Waals surface area contributed by atoms with Crippen LogP contribution in [0, 0.1) is 0 Å². The highest BCUT2D eigenvalue weighted by molar-refractivity contribution is 6.33. The first kappa shape index (κ1) is 14.3. The van der Waals surface area contributed by atoms with Crippen molar-refractivity contribution >= 4 is 17.5 Å². The van der Waals surface area contributed by atoms with E-state index in [9.17, 15) is 4.79 Å². The molecule has 3 aromatic rings. The van der Waals surface area contributed by atoms with Crippen LogP contribution in [0.4, 0.5) is 0 Å².